The summed E-state index contributed by atoms with van der Waals surface area (Å²) in [6.07, 6.45) is 2.24. The predicted octanol–water partition coefficient (Wildman–Crippen LogP) is 1.45. The van der Waals surface area contributed by atoms with Crippen molar-refractivity contribution in [3.63, 3.8) is 0 Å². The maximum absolute atomic E-state index is 10.7. The van der Waals surface area contributed by atoms with E-state index < -0.39 is 0 Å². The number of nitrogens with zero attached hydrogens (tertiary/aromatic N) is 2. The van der Waals surface area contributed by atoms with Crippen molar-refractivity contribution in [2.45, 2.75) is 26.3 Å². The lowest BCUT2D eigenvalue weighted by molar-refractivity contribution is -0.385. The van der Waals surface area contributed by atoms with Crippen LogP contribution in [0.15, 0.2) is 12.3 Å². The summed E-state index contributed by atoms with van der Waals surface area (Å²) in [6, 6.07) is 1.81. The highest BCUT2D eigenvalue weighted by Gasteiger charge is 2.12. The maximum atomic E-state index is 10.7. The summed E-state index contributed by atoms with van der Waals surface area (Å²) in [5.74, 6) is 0. The topological polar surface area (TPSA) is 68.1 Å². The number of likely N-dealkylation sites (N-methyl/N-ethyl adjacent to an activating group) is 1. The molecular weight excluding hydrogens is 194 g/mol. The van der Waals surface area contributed by atoms with Gasteiger partial charge in [0.15, 0.2) is 0 Å². The second-order valence-corrected chi connectivity index (χ2v) is 3.61. The zero-order valence-electron chi connectivity index (χ0n) is 9.15. The zero-order valence-corrected chi connectivity index (χ0v) is 9.15. The van der Waals surface area contributed by atoms with Gasteiger partial charge in [-0.05, 0) is 20.9 Å². The Morgan fingerprint density at radius 3 is 2.87 bits per heavy atom. The molecule has 0 bridgehead atoms. The Hall–Kier alpha value is -1.49. The maximum Gasteiger partial charge on any atom is 0.275 e. The molecule has 0 aromatic carbocycles. The number of nitro groups is 1. The van der Waals surface area contributed by atoms with Gasteiger partial charge in [0.25, 0.3) is 5.69 Å². The summed E-state index contributed by atoms with van der Waals surface area (Å²) < 4.78 is 0. The average Bonchev–Trinajstić information content (AvgIpc) is 2.20. The van der Waals surface area contributed by atoms with E-state index in [-0.39, 0.29) is 16.7 Å². The van der Waals surface area contributed by atoms with Crippen LogP contribution in [0.3, 0.4) is 0 Å². The number of aromatic nitrogens is 1. The van der Waals surface area contributed by atoms with Crippen LogP contribution >= 0.6 is 0 Å². The van der Waals surface area contributed by atoms with Gasteiger partial charge in [-0.3, -0.25) is 15.1 Å². The Labute approximate surface area is 88.7 Å². The number of rotatable bonds is 4. The van der Waals surface area contributed by atoms with Crippen LogP contribution in [-0.2, 0) is 6.42 Å². The summed E-state index contributed by atoms with van der Waals surface area (Å²) in [5.41, 5.74) is 1.48. The third-order valence-electron chi connectivity index (χ3n) is 2.34. The first-order chi connectivity index (χ1) is 7.04. The minimum Gasteiger partial charge on any atom is -0.317 e. The summed E-state index contributed by atoms with van der Waals surface area (Å²) in [5, 5.41) is 13.8. The van der Waals surface area contributed by atoms with Crippen molar-refractivity contribution in [3.8, 4) is 0 Å². The predicted molar refractivity (Wildman–Crippen MR) is 57.9 cm³/mol. The largest absolute Gasteiger partial charge is 0.317 e. The third kappa shape index (κ3) is 2.99. The number of hydrogen-bond donors (Lipinski definition) is 1. The van der Waals surface area contributed by atoms with Crippen molar-refractivity contribution in [2.24, 2.45) is 0 Å². The molecule has 1 aromatic heterocycles. The molecule has 1 N–H and O–H groups in total. The minimum atomic E-state index is -0.370. The molecule has 1 unspecified atom stereocenters. The SMILES string of the molecule is CNC(C)Cc1cc([N+](=O)[O-])c(C)cn1. The van der Waals surface area contributed by atoms with Gasteiger partial charge >= 0.3 is 0 Å². The molecule has 0 aliphatic carbocycles. The Kier molecular flexibility index (Phi) is 3.74. The third-order valence-corrected chi connectivity index (χ3v) is 2.34. The molecule has 1 atom stereocenters. The van der Waals surface area contributed by atoms with Gasteiger partial charge in [-0.1, -0.05) is 0 Å². The number of aryl methyl sites for hydroxylation is 1. The van der Waals surface area contributed by atoms with Crippen LogP contribution in [0.5, 0.6) is 0 Å². The van der Waals surface area contributed by atoms with Crippen LogP contribution in [0, 0.1) is 17.0 Å². The first-order valence-electron chi connectivity index (χ1n) is 4.81. The van der Waals surface area contributed by atoms with E-state index in [1.807, 2.05) is 14.0 Å². The van der Waals surface area contributed by atoms with E-state index in [9.17, 15) is 10.1 Å². The molecule has 1 heterocycles. The molecule has 1 aromatic rings. The molecule has 0 fully saturated rings. The van der Waals surface area contributed by atoms with E-state index >= 15 is 0 Å². The molecule has 0 amide bonds. The van der Waals surface area contributed by atoms with E-state index in [1.165, 1.54) is 0 Å². The Bertz CT molecular complexity index is 366. The Balaban J connectivity index is 2.92. The summed E-state index contributed by atoms with van der Waals surface area (Å²) in [7, 11) is 1.85. The fraction of sp³-hybridized carbons (Fsp3) is 0.500. The monoisotopic (exact) mass is 209 g/mol. The molecular formula is C10H15N3O2. The van der Waals surface area contributed by atoms with Crippen LogP contribution in [0.2, 0.25) is 0 Å². The first-order valence-corrected chi connectivity index (χ1v) is 4.81. The molecule has 0 radical (unpaired) electrons. The summed E-state index contributed by atoms with van der Waals surface area (Å²) in [6.45, 7) is 3.70. The van der Waals surface area contributed by atoms with E-state index in [0.29, 0.717) is 12.0 Å². The average molecular weight is 209 g/mol. The van der Waals surface area contributed by atoms with Crippen molar-refractivity contribution in [1.82, 2.24) is 10.3 Å². The van der Waals surface area contributed by atoms with E-state index in [0.717, 1.165) is 5.69 Å². The van der Waals surface area contributed by atoms with Gasteiger partial charge in [0.05, 0.1) is 4.92 Å². The van der Waals surface area contributed by atoms with Gasteiger partial charge in [-0.25, -0.2) is 0 Å². The summed E-state index contributed by atoms with van der Waals surface area (Å²) >= 11 is 0. The minimum absolute atomic E-state index is 0.142. The molecule has 5 heteroatoms. The highest BCUT2D eigenvalue weighted by atomic mass is 16.6. The van der Waals surface area contributed by atoms with Gasteiger partial charge in [-0.15, -0.1) is 0 Å². The lowest BCUT2D eigenvalue weighted by atomic mass is 10.1. The quantitative estimate of drug-likeness (QED) is 0.602. The van der Waals surface area contributed by atoms with Crippen molar-refractivity contribution >= 4 is 5.69 Å². The molecule has 0 saturated heterocycles. The number of pyridine rings is 1. The van der Waals surface area contributed by atoms with E-state index in [1.54, 1.807) is 19.2 Å². The lowest BCUT2D eigenvalue weighted by Gasteiger charge is -2.09. The normalized spacial score (nSPS) is 12.5. The lowest BCUT2D eigenvalue weighted by Crippen LogP contribution is -2.24. The standard InChI is InChI=1S/C10H15N3O2/c1-7-6-12-9(4-8(2)11-3)5-10(7)13(14)15/h5-6,8,11H,4H2,1-3H3. The summed E-state index contributed by atoms with van der Waals surface area (Å²) in [4.78, 5) is 14.5. The molecule has 0 saturated carbocycles. The molecule has 1 rings (SSSR count). The van der Waals surface area contributed by atoms with Crippen molar-refractivity contribution < 1.29 is 4.92 Å². The van der Waals surface area contributed by atoms with Crippen LogP contribution in [0.4, 0.5) is 5.69 Å². The van der Waals surface area contributed by atoms with Gasteiger partial charge < -0.3 is 5.32 Å². The van der Waals surface area contributed by atoms with Crippen molar-refractivity contribution in [2.75, 3.05) is 7.05 Å². The van der Waals surface area contributed by atoms with Crippen LogP contribution in [-0.4, -0.2) is 23.0 Å². The first kappa shape index (κ1) is 11.6. The fourth-order valence-corrected chi connectivity index (χ4v) is 1.28. The van der Waals surface area contributed by atoms with E-state index in [4.69, 9.17) is 0 Å². The molecule has 82 valence electrons. The Morgan fingerprint density at radius 2 is 2.33 bits per heavy atom. The Morgan fingerprint density at radius 1 is 1.67 bits per heavy atom. The van der Waals surface area contributed by atoms with Crippen LogP contribution in [0.1, 0.15) is 18.2 Å². The van der Waals surface area contributed by atoms with Gasteiger partial charge in [-0.2, -0.15) is 0 Å². The van der Waals surface area contributed by atoms with Crippen molar-refractivity contribution in [1.29, 1.82) is 0 Å². The van der Waals surface area contributed by atoms with Gasteiger partial charge in [0.1, 0.15) is 0 Å². The second-order valence-electron chi connectivity index (χ2n) is 3.61. The number of nitrogens with one attached hydrogen (secondary N) is 1. The zero-order chi connectivity index (χ0) is 11.4. The molecule has 0 aliphatic rings. The van der Waals surface area contributed by atoms with Gasteiger partial charge in [0, 0.05) is 36.0 Å². The van der Waals surface area contributed by atoms with Crippen LogP contribution < -0.4 is 5.32 Å². The number of hydrogen-bond acceptors (Lipinski definition) is 4. The highest BCUT2D eigenvalue weighted by molar-refractivity contribution is 5.38. The second kappa shape index (κ2) is 4.84. The van der Waals surface area contributed by atoms with Crippen LogP contribution in [0.25, 0.3) is 0 Å². The fourth-order valence-electron chi connectivity index (χ4n) is 1.28. The van der Waals surface area contributed by atoms with Crippen molar-refractivity contribution in [3.05, 3.63) is 33.6 Å². The van der Waals surface area contributed by atoms with E-state index in [2.05, 4.69) is 10.3 Å². The van der Waals surface area contributed by atoms with Gasteiger partial charge in [0.2, 0.25) is 0 Å². The molecule has 15 heavy (non-hydrogen) atoms. The highest BCUT2D eigenvalue weighted by Crippen LogP contribution is 2.17. The smallest absolute Gasteiger partial charge is 0.275 e. The molecule has 0 aliphatic heterocycles. The molecule has 5 nitrogen and oxygen atoms in total. The molecule has 0 spiro atoms.